The van der Waals surface area contributed by atoms with Crippen molar-refractivity contribution in [1.29, 1.82) is 0 Å². The van der Waals surface area contributed by atoms with Crippen LogP contribution in [0.4, 0.5) is 4.39 Å². The molecule has 1 aliphatic heterocycles. The van der Waals surface area contributed by atoms with E-state index in [1.54, 1.807) is 51.1 Å². The molecule has 0 unspecified atom stereocenters. The Morgan fingerprint density at radius 2 is 2.00 bits per heavy atom. The number of aliphatic hydroxyl groups excluding tert-OH is 1. The molecule has 0 saturated carbocycles. The van der Waals surface area contributed by atoms with Crippen LogP contribution in [0.15, 0.2) is 42.9 Å². The van der Waals surface area contributed by atoms with Gasteiger partial charge in [-0.2, -0.15) is 10.2 Å². The van der Waals surface area contributed by atoms with Crippen LogP contribution in [0.2, 0.25) is 0 Å². The minimum Gasteiger partial charge on any atom is -0.462 e. The first kappa shape index (κ1) is 28.1. The molecule has 0 amide bonds. The van der Waals surface area contributed by atoms with Gasteiger partial charge in [0, 0.05) is 0 Å². The number of carbonyl (C=O) groups excluding carboxylic acids is 1. The Morgan fingerprint density at radius 1 is 1.29 bits per heavy atom. The number of imidazole rings is 1. The molecule has 1 saturated heterocycles. The second kappa shape index (κ2) is 11.0. The predicted octanol–water partition coefficient (Wildman–Crippen LogP) is 3.10. The van der Waals surface area contributed by atoms with Crippen molar-refractivity contribution < 1.29 is 37.4 Å². The van der Waals surface area contributed by atoms with Gasteiger partial charge in [0.05, 0.1) is 30.3 Å². The van der Waals surface area contributed by atoms with E-state index in [4.69, 9.17) is 18.5 Å². The van der Waals surface area contributed by atoms with Crippen molar-refractivity contribution >= 4 is 19.4 Å². The molecule has 4 rings (SSSR count). The van der Waals surface area contributed by atoms with Gasteiger partial charge >= 0.3 is 13.7 Å². The average Bonchev–Trinajstić information content (AvgIpc) is 3.37. The quantitative estimate of drug-likeness (QED) is 0.283. The van der Waals surface area contributed by atoms with Crippen LogP contribution < -0.4 is 9.61 Å². The van der Waals surface area contributed by atoms with E-state index in [2.05, 4.69) is 20.2 Å². The number of fused-ring (bicyclic) bond motifs is 1. The Balaban J connectivity index is 1.54. The standard InChI is InChI=1S/C24H31FN5O7P/c1-14(2)35-23(32)16(4)29-38(33,37-17-9-7-6-8-10-17)34-12-19-20(31)24(5,25)21(36-19)18-11-26-22-15(3)27-13-28-30(18)22/h6-11,13-14,16,19-21,31H,12H2,1-5H3,(H,29,33)/t16-,19+,20+,21-,24+,38-/m0/s1. The number of nitrogens with zero attached hydrogens (tertiary/aromatic N) is 4. The summed E-state index contributed by atoms with van der Waals surface area (Å²) in [7, 11) is -4.24. The van der Waals surface area contributed by atoms with E-state index in [1.807, 2.05) is 0 Å². The number of nitrogens with one attached hydrogen (secondary N) is 1. The number of esters is 1. The summed E-state index contributed by atoms with van der Waals surface area (Å²) >= 11 is 0. The van der Waals surface area contributed by atoms with Crippen LogP contribution in [-0.2, 0) is 23.4 Å². The fraction of sp³-hybridized carbons (Fsp3) is 0.500. The molecule has 6 atom stereocenters. The van der Waals surface area contributed by atoms with Crippen molar-refractivity contribution in [1.82, 2.24) is 24.7 Å². The van der Waals surface area contributed by atoms with Gasteiger partial charge in [0.2, 0.25) is 0 Å². The number of rotatable bonds is 10. The molecule has 1 fully saturated rings. The molecule has 3 aromatic rings. The summed E-state index contributed by atoms with van der Waals surface area (Å²) in [4.78, 5) is 20.6. The summed E-state index contributed by atoms with van der Waals surface area (Å²) in [5.41, 5.74) is -0.998. The third kappa shape index (κ3) is 5.87. The smallest absolute Gasteiger partial charge is 0.459 e. The Kier molecular flexibility index (Phi) is 8.15. The summed E-state index contributed by atoms with van der Waals surface area (Å²) in [6.07, 6.45) is -1.84. The van der Waals surface area contributed by atoms with Crippen molar-refractivity contribution in [3.05, 3.63) is 54.2 Å². The molecule has 14 heteroatoms. The molecule has 206 valence electrons. The molecule has 2 aromatic heterocycles. The fourth-order valence-corrected chi connectivity index (χ4v) is 5.53. The molecule has 1 aliphatic rings. The molecule has 3 heterocycles. The van der Waals surface area contributed by atoms with E-state index in [9.17, 15) is 14.5 Å². The first-order chi connectivity index (χ1) is 17.9. The molecule has 1 aromatic carbocycles. The molecule has 0 aliphatic carbocycles. The summed E-state index contributed by atoms with van der Waals surface area (Å²) in [6.45, 7) is 7.21. The Morgan fingerprint density at radius 3 is 2.68 bits per heavy atom. The normalized spacial score (nSPS) is 25.8. The van der Waals surface area contributed by atoms with Gasteiger partial charge in [0.1, 0.15) is 36.4 Å². The number of hydrogen-bond acceptors (Lipinski definition) is 10. The molecule has 12 nitrogen and oxygen atoms in total. The van der Waals surface area contributed by atoms with Crippen molar-refractivity contribution in [2.75, 3.05) is 6.61 Å². The monoisotopic (exact) mass is 551 g/mol. The molecule has 38 heavy (non-hydrogen) atoms. The van der Waals surface area contributed by atoms with E-state index in [0.29, 0.717) is 11.3 Å². The van der Waals surface area contributed by atoms with Gasteiger partial charge < -0.3 is 19.1 Å². The SMILES string of the molecule is Cc1ncnn2c([C@@H]3O[C@H](CO[P@@](=O)(N[C@@H](C)C(=O)OC(C)C)Oc4ccccc4)[C@@H](O)[C@@]3(C)F)cnc12. The lowest BCUT2D eigenvalue weighted by Crippen LogP contribution is -2.40. The van der Waals surface area contributed by atoms with Crippen molar-refractivity contribution in [3.63, 3.8) is 0 Å². The number of halogens is 1. The number of aromatic nitrogens is 4. The third-order valence-electron chi connectivity index (χ3n) is 5.96. The number of hydrogen-bond donors (Lipinski definition) is 2. The molecule has 0 spiro atoms. The van der Waals surface area contributed by atoms with Crippen LogP contribution in [0.1, 0.15) is 45.2 Å². The first-order valence-corrected chi connectivity index (χ1v) is 13.6. The largest absolute Gasteiger partial charge is 0.462 e. The minimum absolute atomic E-state index is 0.203. The van der Waals surface area contributed by atoms with Crippen LogP contribution in [-0.4, -0.2) is 67.3 Å². The number of aryl methyl sites for hydroxylation is 1. The lowest BCUT2D eigenvalue weighted by atomic mass is 9.93. The maximum atomic E-state index is 15.8. The zero-order valence-corrected chi connectivity index (χ0v) is 22.5. The fourth-order valence-electron chi connectivity index (χ4n) is 4.02. The molecular weight excluding hydrogens is 520 g/mol. The van der Waals surface area contributed by atoms with Crippen LogP contribution in [0.5, 0.6) is 5.75 Å². The lowest BCUT2D eigenvalue weighted by Gasteiger charge is -2.25. The second-order valence-corrected chi connectivity index (χ2v) is 11.1. The van der Waals surface area contributed by atoms with Crippen molar-refractivity contribution in [3.8, 4) is 5.75 Å². The van der Waals surface area contributed by atoms with E-state index in [1.165, 1.54) is 30.9 Å². The number of carbonyl (C=O) groups is 1. The summed E-state index contributed by atoms with van der Waals surface area (Å²) in [6, 6.07) is 7.12. The van der Waals surface area contributed by atoms with Gasteiger partial charge in [-0.1, -0.05) is 18.2 Å². The zero-order valence-electron chi connectivity index (χ0n) is 21.6. The summed E-state index contributed by atoms with van der Waals surface area (Å²) in [5.74, 6) is -0.464. The molecule has 2 N–H and O–H groups in total. The van der Waals surface area contributed by atoms with Gasteiger partial charge in [-0.15, -0.1) is 0 Å². The highest BCUT2D eigenvalue weighted by molar-refractivity contribution is 7.52. The number of aliphatic hydroxyl groups is 1. The topological polar surface area (TPSA) is 146 Å². The van der Waals surface area contributed by atoms with Gasteiger partial charge in [0.15, 0.2) is 11.3 Å². The van der Waals surface area contributed by atoms with Crippen LogP contribution in [0.3, 0.4) is 0 Å². The molecule has 0 radical (unpaired) electrons. The van der Waals surface area contributed by atoms with E-state index in [0.717, 1.165) is 0 Å². The maximum absolute atomic E-state index is 15.8. The van der Waals surface area contributed by atoms with Crippen molar-refractivity contribution in [2.45, 2.75) is 70.7 Å². The van der Waals surface area contributed by atoms with E-state index < -0.39 is 56.4 Å². The average molecular weight is 552 g/mol. The number of ether oxygens (including phenoxy) is 2. The number of benzene rings is 1. The van der Waals surface area contributed by atoms with E-state index >= 15 is 4.39 Å². The lowest BCUT2D eigenvalue weighted by molar-refractivity contribution is -0.149. The summed E-state index contributed by atoms with van der Waals surface area (Å²) < 4.78 is 53.1. The highest BCUT2D eigenvalue weighted by Crippen LogP contribution is 2.48. The zero-order chi connectivity index (χ0) is 27.7. The van der Waals surface area contributed by atoms with Crippen LogP contribution in [0, 0.1) is 6.92 Å². The first-order valence-electron chi connectivity index (χ1n) is 12.1. The second-order valence-electron chi connectivity index (χ2n) is 9.45. The van der Waals surface area contributed by atoms with Gasteiger partial charge in [0.25, 0.3) is 0 Å². The Hall–Kier alpha value is -2.96. The third-order valence-corrected chi connectivity index (χ3v) is 7.61. The van der Waals surface area contributed by atoms with E-state index in [-0.39, 0.29) is 11.4 Å². The summed E-state index contributed by atoms with van der Waals surface area (Å²) in [5, 5.41) is 17.5. The van der Waals surface area contributed by atoms with Crippen LogP contribution >= 0.6 is 7.75 Å². The van der Waals surface area contributed by atoms with Gasteiger partial charge in [-0.3, -0.25) is 9.32 Å². The maximum Gasteiger partial charge on any atom is 0.459 e. The van der Waals surface area contributed by atoms with Gasteiger partial charge in [-0.05, 0) is 46.8 Å². The predicted molar refractivity (Wildman–Crippen MR) is 133 cm³/mol. The Bertz CT molecular complexity index is 1320. The Labute approximate surface area is 219 Å². The number of para-hydroxylation sites is 1. The highest BCUT2D eigenvalue weighted by atomic mass is 31.2. The highest BCUT2D eigenvalue weighted by Gasteiger charge is 2.56. The molecule has 0 bridgehead atoms. The van der Waals surface area contributed by atoms with Gasteiger partial charge in [-0.25, -0.2) is 23.4 Å². The van der Waals surface area contributed by atoms with Crippen LogP contribution in [0.25, 0.3) is 5.65 Å². The minimum atomic E-state index is -4.24. The van der Waals surface area contributed by atoms with Crippen molar-refractivity contribution in [2.24, 2.45) is 0 Å². The number of alkyl halides is 1. The molecular formula is C24H31FN5O7P.